The van der Waals surface area contributed by atoms with E-state index in [9.17, 15) is 9.59 Å². The van der Waals surface area contributed by atoms with Gasteiger partial charge in [-0.25, -0.2) is 4.79 Å². The maximum absolute atomic E-state index is 12.1. The smallest absolute Gasteiger partial charge is 0.410 e. The van der Waals surface area contributed by atoms with E-state index in [1.807, 2.05) is 25.7 Å². The van der Waals surface area contributed by atoms with Crippen molar-refractivity contribution in [2.75, 3.05) is 26.2 Å². The van der Waals surface area contributed by atoms with Gasteiger partial charge in [-0.3, -0.25) is 4.79 Å². The Morgan fingerprint density at radius 2 is 1.70 bits per heavy atom. The van der Waals surface area contributed by atoms with Crippen molar-refractivity contribution < 1.29 is 14.3 Å². The SMILES string of the molecule is CC(=O)N1CCCC2(CCN(C(=O)OC(C)(C)C)C2)C1. The molecule has 2 saturated heterocycles. The van der Waals surface area contributed by atoms with Gasteiger partial charge in [-0.2, -0.15) is 0 Å². The topological polar surface area (TPSA) is 49.9 Å². The van der Waals surface area contributed by atoms with Gasteiger partial charge in [-0.05, 0) is 40.0 Å². The number of hydrogen-bond acceptors (Lipinski definition) is 3. The van der Waals surface area contributed by atoms with Crippen LogP contribution in [0.4, 0.5) is 4.79 Å². The molecule has 2 aliphatic rings. The van der Waals surface area contributed by atoms with Crippen LogP contribution in [-0.2, 0) is 9.53 Å². The van der Waals surface area contributed by atoms with Crippen molar-refractivity contribution in [1.29, 1.82) is 0 Å². The lowest BCUT2D eigenvalue weighted by atomic mass is 9.79. The summed E-state index contributed by atoms with van der Waals surface area (Å²) in [5.74, 6) is 0.139. The fourth-order valence-electron chi connectivity index (χ4n) is 3.23. The number of rotatable bonds is 0. The zero-order valence-corrected chi connectivity index (χ0v) is 13.1. The van der Waals surface area contributed by atoms with Crippen LogP contribution in [0.2, 0.25) is 0 Å². The molecule has 5 nitrogen and oxygen atoms in total. The summed E-state index contributed by atoms with van der Waals surface area (Å²) < 4.78 is 5.44. The quantitative estimate of drug-likeness (QED) is 0.685. The van der Waals surface area contributed by atoms with Gasteiger partial charge in [-0.1, -0.05) is 0 Å². The van der Waals surface area contributed by atoms with E-state index >= 15 is 0 Å². The second-order valence-corrected chi connectivity index (χ2v) is 7.20. The molecule has 5 heteroatoms. The highest BCUT2D eigenvalue weighted by Gasteiger charge is 2.44. The van der Waals surface area contributed by atoms with E-state index < -0.39 is 5.60 Å². The lowest BCUT2D eigenvalue weighted by Gasteiger charge is -2.40. The Bertz CT molecular complexity index is 402. The number of piperidine rings is 1. The zero-order valence-electron chi connectivity index (χ0n) is 13.1. The van der Waals surface area contributed by atoms with Crippen molar-refractivity contribution in [2.45, 2.75) is 52.6 Å². The summed E-state index contributed by atoms with van der Waals surface area (Å²) in [6, 6.07) is 0. The molecule has 0 aromatic carbocycles. The van der Waals surface area contributed by atoms with Crippen molar-refractivity contribution in [2.24, 2.45) is 5.41 Å². The standard InChI is InChI=1S/C15H26N2O3/c1-12(18)16-8-5-6-15(10-16)7-9-17(11-15)13(19)20-14(2,3)4/h5-11H2,1-4H3. The van der Waals surface area contributed by atoms with Crippen LogP contribution in [0.15, 0.2) is 0 Å². The predicted octanol–water partition coefficient (Wildman–Crippen LogP) is 2.26. The molecule has 2 heterocycles. The molecule has 1 spiro atoms. The van der Waals surface area contributed by atoms with Crippen LogP contribution in [-0.4, -0.2) is 53.6 Å². The predicted molar refractivity (Wildman–Crippen MR) is 76.3 cm³/mol. The van der Waals surface area contributed by atoms with Gasteiger partial charge in [0.1, 0.15) is 5.60 Å². The molecule has 0 radical (unpaired) electrons. The molecule has 1 unspecified atom stereocenters. The van der Waals surface area contributed by atoms with Gasteiger partial charge in [0.05, 0.1) is 0 Å². The van der Waals surface area contributed by atoms with Crippen LogP contribution in [0.3, 0.4) is 0 Å². The first-order valence-corrected chi connectivity index (χ1v) is 7.44. The molecule has 0 N–H and O–H groups in total. The normalized spacial score (nSPS) is 27.0. The maximum Gasteiger partial charge on any atom is 0.410 e. The van der Waals surface area contributed by atoms with E-state index in [0.717, 1.165) is 38.9 Å². The summed E-state index contributed by atoms with van der Waals surface area (Å²) >= 11 is 0. The average molecular weight is 282 g/mol. The second kappa shape index (κ2) is 5.26. The minimum Gasteiger partial charge on any atom is -0.444 e. The van der Waals surface area contributed by atoms with E-state index in [1.165, 1.54) is 0 Å². The highest BCUT2D eigenvalue weighted by Crippen LogP contribution is 2.39. The first-order chi connectivity index (χ1) is 9.21. The molecule has 20 heavy (non-hydrogen) atoms. The van der Waals surface area contributed by atoms with Crippen LogP contribution in [0.25, 0.3) is 0 Å². The monoisotopic (exact) mass is 282 g/mol. The molecule has 2 aliphatic heterocycles. The van der Waals surface area contributed by atoms with Crippen LogP contribution in [0.5, 0.6) is 0 Å². The molecular weight excluding hydrogens is 256 g/mol. The number of hydrogen-bond donors (Lipinski definition) is 0. The third-order valence-electron chi connectivity index (χ3n) is 4.20. The number of carbonyl (C=O) groups excluding carboxylic acids is 2. The first-order valence-electron chi connectivity index (χ1n) is 7.44. The van der Waals surface area contributed by atoms with Gasteiger partial charge < -0.3 is 14.5 Å². The van der Waals surface area contributed by atoms with Crippen LogP contribution < -0.4 is 0 Å². The van der Waals surface area contributed by atoms with Crippen molar-refractivity contribution >= 4 is 12.0 Å². The van der Waals surface area contributed by atoms with Gasteiger partial charge in [0.2, 0.25) is 5.91 Å². The molecular formula is C15H26N2O3. The number of amides is 2. The number of likely N-dealkylation sites (tertiary alicyclic amines) is 2. The van der Waals surface area contributed by atoms with Gasteiger partial charge >= 0.3 is 6.09 Å². The molecule has 0 bridgehead atoms. The highest BCUT2D eigenvalue weighted by atomic mass is 16.6. The summed E-state index contributed by atoms with van der Waals surface area (Å²) in [5.41, 5.74) is -0.369. The molecule has 1 atom stereocenters. The van der Waals surface area contributed by atoms with E-state index in [1.54, 1.807) is 11.8 Å². The van der Waals surface area contributed by atoms with E-state index in [0.29, 0.717) is 6.54 Å². The largest absolute Gasteiger partial charge is 0.444 e. The van der Waals surface area contributed by atoms with Gasteiger partial charge in [-0.15, -0.1) is 0 Å². The van der Waals surface area contributed by atoms with E-state index in [2.05, 4.69) is 0 Å². The van der Waals surface area contributed by atoms with Crippen molar-refractivity contribution in [3.63, 3.8) is 0 Å². The minimum atomic E-state index is -0.454. The lowest BCUT2D eigenvalue weighted by Crippen LogP contribution is -2.47. The summed E-state index contributed by atoms with van der Waals surface area (Å²) in [6.07, 6.45) is 2.86. The Morgan fingerprint density at radius 1 is 1.05 bits per heavy atom. The molecule has 2 rings (SSSR count). The molecule has 2 amide bonds. The van der Waals surface area contributed by atoms with E-state index in [4.69, 9.17) is 4.74 Å². The molecule has 0 aromatic rings. The molecule has 2 fully saturated rings. The van der Waals surface area contributed by atoms with Crippen LogP contribution in [0, 0.1) is 5.41 Å². The number of nitrogens with zero attached hydrogens (tertiary/aromatic N) is 2. The maximum atomic E-state index is 12.1. The Kier molecular flexibility index (Phi) is 3.98. The number of carbonyl (C=O) groups is 2. The first kappa shape index (κ1) is 15.1. The van der Waals surface area contributed by atoms with Gasteiger partial charge in [0.15, 0.2) is 0 Å². The summed E-state index contributed by atoms with van der Waals surface area (Å²) in [7, 11) is 0. The van der Waals surface area contributed by atoms with Crippen molar-refractivity contribution in [3.8, 4) is 0 Å². The summed E-state index contributed by atoms with van der Waals surface area (Å²) in [4.78, 5) is 27.4. The summed E-state index contributed by atoms with van der Waals surface area (Å²) in [5, 5.41) is 0. The third kappa shape index (κ3) is 3.44. The second-order valence-electron chi connectivity index (χ2n) is 7.20. The van der Waals surface area contributed by atoms with Crippen molar-refractivity contribution in [1.82, 2.24) is 9.80 Å². The lowest BCUT2D eigenvalue weighted by molar-refractivity contribution is -0.132. The third-order valence-corrected chi connectivity index (χ3v) is 4.20. The molecule has 0 aliphatic carbocycles. The van der Waals surface area contributed by atoms with Gasteiger partial charge in [0.25, 0.3) is 0 Å². The fraction of sp³-hybridized carbons (Fsp3) is 0.867. The Labute approximate surface area is 121 Å². The average Bonchev–Trinajstić information content (AvgIpc) is 2.71. The van der Waals surface area contributed by atoms with E-state index in [-0.39, 0.29) is 17.4 Å². The molecule has 0 aromatic heterocycles. The van der Waals surface area contributed by atoms with Crippen molar-refractivity contribution in [3.05, 3.63) is 0 Å². The Hall–Kier alpha value is -1.26. The molecule has 114 valence electrons. The highest BCUT2D eigenvalue weighted by molar-refractivity contribution is 5.73. The van der Waals surface area contributed by atoms with Crippen LogP contribution in [0.1, 0.15) is 47.0 Å². The summed E-state index contributed by atoms with van der Waals surface area (Å²) in [6.45, 7) is 10.4. The fourth-order valence-corrected chi connectivity index (χ4v) is 3.23. The Morgan fingerprint density at radius 3 is 2.30 bits per heavy atom. The van der Waals surface area contributed by atoms with Gasteiger partial charge in [0, 0.05) is 38.5 Å². The minimum absolute atomic E-state index is 0.0842. The Balaban J connectivity index is 1.97. The zero-order chi connectivity index (χ0) is 15.0. The van der Waals surface area contributed by atoms with Crippen LogP contribution >= 0.6 is 0 Å². The number of ether oxygens (including phenoxy) is 1. The molecule has 0 saturated carbocycles.